The van der Waals surface area contributed by atoms with E-state index in [4.69, 9.17) is 4.99 Å². The summed E-state index contributed by atoms with van der Waals surface area (Å²) < 4.78 is 12.5. The lowest BCUT2D eigenvalue weighted by Gasteiger charge is -2.24. The molecule has 0 fully saturated rings. The Bertz CT molecular complexity index is 522. The molecule has 19 heavy (non-hydrogen) atoms. The summed E-state index contributed by atoms with van der Waals surface area (Å²) in [6.45, 7) is 9.78. The number of benzene rings is 1. The molecule has 0 radical (unpaired) electrons. The van der Waals surface area contributed by atoms with E-state index in [2.05, 4.69) is 6.58 Å². The van der Waals surface area contributed by atoms with E-state index in [9.17, 15) is 4.21 Å². The van der Waals surface area contributed by atoms with Gasteiger partial charge in [0.15, 0.2) is 0 Å². The monoisotopic (exact) mass is 293 g/mol. The highest BCUT2D eigenvalue weighted by Gasteiger charge is 2.42. The Kier molecular flexibility index (Phi) is 4.31. The predicted molar refractivity (Wildman–Crippen MR) is 86.2 cm³/mol. The van der Waals surface area contributed by atoms with E-state index in [-0.39, 0.29) is 15.4 Å². The van der Waals surface area contributed by atoms with Crippen LogP contribution in [0, 0.1) is 0 Å². The van der Waals surface area contributed by atoms with Crippen LogP contribution in [-0.2, 0) is 10.8 Å². The Labute approximate surface area is 121 Å². The van der Waals surface area contributed by atoms with E-state index in [0.29, 0.717) is 0 Å². The average Bonchev–Trinajstić information content (AvgIpc) is 2.73. The number of rotatable bonds is 4. The van der Waals surface area contributed by atoms with Crippen LogP contribution >= 0.6 is 11.8 Å². The Balaban J connectivity index is 2.26. The van der Waals surface area contributed by atoms with Crippen LogP contribution in [0.15, 0.2) is 48.0 Å². The molecule has 3 atom stereocenters. The van der Waals surface area contributed by atoms with Gasteiger partial charge in [0.05, 0.1) is 15.8 Å². The highest BCUT2D eigenvalue weighted by atomic mass is 32.2. The number of aliphatic imine (C=N–C) groups is 1. The molecule has 2 nitrogen and oxygen atoms in total. The molecule has 102 valence electrons. The quantitative estimate of drug-likeness (QED) is 0.794. The second-order valence-corrected chi connectivity index (χ2v) is 8.42. The lowest BCUT2D eigenvalue weighted by Crippen LogP contribution is -2.35. The fraction of sp³-hybridized carbons (Fsp3) is 0.400. The average molecular weight is 293 g/mol. The van der Waals surface area contributed by atoms with Crippen molar-refractivity contribution >= 4 is 27.6 Å². The van der Waals surface area contributed by atoms with Gasteiger partial charge in [-0.15, -0.1) is 6.58 Å². The Hall–Kier alpha value is -0.870. The van der Waals surface area contributed by atoms with Crippen molar-refractivity contribution in [3.8, 4) is 0 Å². The predicted octanol–water partition coefficient (Wildman–Crippen LogP) is 3.61. The summed E-state index contributed by atoms with van der Waals surface area (Å²) >= 11 is 1.62. The van der Waals surface area contributed by atoms with Crippen LogP contribution in [0.25, 0.3) is 0 Å². The summed E-state index contributed by atoms with van der Waals surface area (Å²) in [6, 6.07) is 10.1. The fourth-order valence-electron chi connectivity index (χ4n) is 1.92. The largest absolute Gasteiger partial charge is 0.270 e. The molecule has 4 heteroatoms. The summed E-state index contributed by atoms with van der Waals surface area (Å²) in [4.78, 5) is 4.76. The minimum atomic E-state index is -0.974. The standard InChI is InChI=1S/C15H19NOS2/c1-5-11(2)19(17)14-15(3,4)16-13(18-14)12-9-7-6-8-10-12/h5-11,14H,1H2,2-4H3. The van der Waals surface area contributed by atoms with Gasteiger partial charge >= 0.3 is 0 Å². The Morgan fingerprint density at radius 2 is 2.05 bits per heavy atom. The zero-order valence-electron chi connectivity index (χ0n) is 11.5. The normalized spacial score (nSPS) is 24.6. The maximum atomic E-state index is 12.5. The van der Waals surface area contributed by atoms with Crippen LogP contribution in [0.4, 0.5) is 0 Å². The van der Waals surface area contributed by atoms with Gasteiger partial charge in [0, 0.05) is 16.4 Å². The van der Waals surface area contributed by atoms with Crippen LogP contribution in [0.1, 0.15) is 26.3 Å². The van der Waals surface area contributed by atoms with E-state index in [1.165, 1.54) is 0 Å². The maximum absolute atomic E-state index is 12.5. The molecule has 0 aliphatic carbocycles. The lowest BCUT2D eigenvalue weighted by molar-refractivity contribution is 0.567. The molecule has 2 rings (SSSR count). The van der Waals surface area contributed by atoms with Crippen molar-refractivity contribution in [2.45, 2.75) is 36.1 Å². The summed E-state index contributed by atoms with van der Waals surface area (Å²) in [5.41, 5.74) is 0.796. The van der Waals surface area contributed by atoms with Crippen LogP contribution < -0.4 is 0 Å². The van der Waals surface area contributed by atoms with Gasteiger partial charge in [-0.25, -0.2) is 0 Å². The summed E-state index contributed by atoms with van der Waals surface area (Å²) in [6.07, 6.45) is 1.76. The highest BCUT2D eigenvalue weighted by Crippen LogP contribution is 2.40. The molecule has 0 spiro atoms. The van der Waals surface area contributed by atoms with Crippen LogP contribution in [0.3, 0.4) is 0 Å². The molecule has 0 saturated carbocycles. The van der Waals surface area contributed by atoms with Crippen molar-refractivity contribution in [3.05, 3.63) is 48.6 Å². The molecule has 0 N–H and O–H groups in total. The van der Waals surface area contributed by atoms with Crippen molar-refractivity contribution in [1.82, 2.24) is 0 Å². The van der Waals surface area contributed by atoms with Gasteiger partial charge in [0.25, 0.3) is 0 Å². The third-order valence-corrected chi connectivity index (χ3v) is 7.24. The molecular weight excluding hydrogens is 274 g/mol. The van der Waals surface area contributed by atoms with E-state index >= 15 is 0 Å². The minimum absolute atomic E-state index is 0.0119. The first-order chi connectivity index (χ1) is 8.95. The van der Waals surface area contributed by atoms with Crippen LogP contribution in [0.2, 0.25) is 0 Å². The van der Waals surface area contributed by atoms with Crippen LogP contribution in [-0.4, -0.2) is 24.6 Å². The van der Waals surface area contributed by atoms with E-state index < -0.39 is 10.8 Å². The topological polar surface area (TPSA) is 29.4 Å². The maximum Gasteiger partial charge on any atom is 0.111 e. The van der Waals surface area contributed by atoms with Crippen LogP contribution in [0.5, 0.6) is 0 Å². The van der Waals surface area contributed by atoms with Crippen molar-refractivity contribution in [2.24, 2.45) is 4.99 Å². The van der Waals surface area contributed by atoms with Gasteiger partial charge < -0.3 is 0 Å². The van der Waals surface area contributed by atoms with E-state index in [1.54, 1.807) is 17.8 Å². The molecule has 0 bridgehead atoms. The first-order valence-electron chi connectivity index (χ1n) is 6.29. The molecular formula is C15H19NOS2. The van der Waals surface area contributed by atoms with Gasteiger partial charge in [-0.05, 0) is 20.8 Å². The van der Waals surface area contributed by atoms with Crippen molar-refractivity contribution in [1.29, 1.82) is 0 Å². The molecule has 1 aromatic carbocycles. The summed E-state index contributed by atoms with van der Waals surface area (Å²) in [5.74, 6) is 0. The first-order valence-corrected chi connectivity index (χ1v) is 8.45. The molecule has 0 amide bonds. The van der Waals surface area contributed by atoms with Crippen molar-refractivity contribution < 1.29 is 4.21 Å². The molecule has 1 aliphatic rings. The number of hydrogen-bond donors (Lipinski definition) is 0. The number of thioether (sulfide) groups is 1. The van der Waals surface area contributed by atoms with Gasteiger partial charge in [-0.1, -0.05) is 48.2 Å². The number of nitrogens with zero attached hydrogens (tertiary/aromatic N) is 1. The van der Waals surface area contributed by atoms with E-state index in [1.807, 2.05) is 51.1 Å². The summed E-state index contributed by atoms with van der Waals surface area (Å²) in [7, 11) is -0.974. The second-order valence-electron chi connectivity index (χ2n) is 5.16. The zero-order chi connectivity index (χ0) is 14.0. The Morgan fingerprint density at radius 3 is 2.63 bits per heavy atom. The zero-order valence-corrected chi connectivity index (χ0v) is 13.1. The van der Waals surface area contributed by atoms with E-state index in [0.717, 1.165) is 10.6 Å². The summed E-state index contributed by atoms with van der Waals surface area (Å²) in [5, 5.41) is 0.974. The van der Waals surface area contributed by atoms with Gasteiger partial charge in [0.2, 0.25) is 0 Å². The highest BCUT2D eigenvalue weighted by molar-refractivity contribution is 8.22. The first kappa shape index (κ1) is 14.5. The van der Waals surface area contributed by atoms with Gasteiger partial charge in [-0.3, -0.25) is 9.20 Å². The molecule has 0 aromatic heterocycles. The SMILES string of the molecule is C=CC(C)S(=O)C1SC(c2ccccc2)=NC1(C)C. The third kappa shape index (κ3) is 3.00. The van der Waals surface area contributed by atoms with Gasteiger partial charge in [-0.2, -0.15) is 0 Å². The molecule has 1 aromatic rings. The van der Waals surface area contributed by atoms with Crippen molar-refractivity contribution in [3.63, 3.8) is 0 Å². The third-order valence-electron chi connectivity index (χ3n) is 3.12. The lowest BCUT2D eigenvalue weighted by atomic mass is 10.1. The molecule has 1 heterocycles. The number of hydrogen-bond acceptors (Lipinski definition) is 3. The molecule has 1 aliphatic heterocycles. The minimum Gasteiger partial charge on any atom is -0.270 e. The second kappa shape index (κ2) is 5.63. The molecule has 3 unspecified atom stereocenters. The van der Waals surface area contributed by atoms with Gasteiger partial charge in [0.1, 0.15) is 4.58 Å². The fourth-order valence-corrected chi connectivity index (χ4v) is 5.40. The smallest absolute Gasteiger partial charge is 0.111 e. The molecule has 0 saturated heterocycles. The van der Waals surface area contributed by atoms with Crippen molar-refractivity contribution in [2.75, 3.05) is 0 Å². The Morgan fingerprint density at radius 1 is 1.42 bits per heavy atom.